The Hall–Kier alpha value is -1.65. The number of hydrogen-bond donors (Lipinski definition) is 2. The minimum atomic E-state index is -0.622. The van der Waals surface area contributed by atoms with E-state index < -0.39 is 6.04 Å². The first-order valence-electron chi connectivity index (χ1n) is 6.24. The van der Waals surface area contributed by atoms with Crippen molar-refractivity contribution in [2.75, 3.05) is 0 Å². The zero-order valence-electron chi connectivity index (χ0n) is 11.1. The van der Waals surface area contributed by atoms with Crippen molar-refractivity contribution < 1.29 is 4.79 Å². The third-order valence-electron chi connectivity index (χ3n) is 3.05. The molecule has 0 radical (unpaired) electrons. The first-order valence-corrected chi connectivity index (χ1v) is 7.12. The summed E-state index contributed by atoms with van der Waals surface area (Å²) in [5, 5.41) is 4.94. The summed E-state index contributed by atoms with van der Waals surface area (Å²) in [5.41, 5.74) is 7.97. The molecular weight excluding hydrogens is 256 g/mol. The molecular formula is C15H18N2OS. The van der Waals surface area contributed by atoms with Gasteiger partial charge in [-0.3, -0.25) is 4.79 Å². The van der Waals surface area contributed by atoms with Crippen molar-refractivity contribution in [1.82, 2.24) is 5.32 Å². The fourth-order valence-electron chi connectivity index (χ4n) is 1.84. The first-order chi connectivity index (χ1) is 9.08. The second-order valence-electron chi connectivity index (χ2n) is 4.63. The van der Waals surface area contributed by atoms with E-state index in [0.717, 1.165) is 16.0 Å². The standard InChI is InChI=1S/C15H18N2OS/c1-10-5-7-12(8-6-10)14(16)15(18)17-11(2)13-4-3-9-19-13/h3-9,11,14H,16H2,1-2H3,(H,17,18)/t11-,14?/m0/s1. The van der Waals surface area contributed by atoms with E-state index in [1.54, 1.807) is 11.3 Å². The zero-order valence-corrected chi connectivity index (χ0v) is 11.9. The number of thiophene rings is 1. The van der Waals surface area contributed by atoms with Gasteiger partial charge in [0.05, 0.1) is 6.04 Å². The average Bonchev–Trinajstić information content (AvgIpc) is 2.92. The Morgan fingerprint density at radius 2 is 1.95 bits per heavy atom. The van der Waals surface area contributed by atoms with Crippen LogP contribution in [0, 0.1) is 6.92 Å². The molecule has 3 N–H and O–H groups in total. The molecule has 2 atom stereocenters. The number of rotatable bonds is 4. The summed E-state index contributed by atoms with van der Waals surface area (Å²) in [4.78, 5) is 13.2. The fourth-order valence-corrected chi connectivity index (χ4v) is 2.57. The van der Waals surface area contributed by atoms with Crippen LogP contribution in [0.25, 0.3) is 0 Å². The third-order valence-corrected chi connectivity index (χ3v) is 4.10. The molecule has 1 heterocycles. The van der Waals surface area contributed by atoms with Crippen LogP contribution in [0.3, 0.4) is 0 Å². The van der Waals surface area contributed by atoms with Gasteiger partial charge in [0, 0.05) is 4.88 Å². The van der Waals surface area contributed by atoms with Gasteiger partial charge in [0.1, 0.15) is 6.04 Å². The molecule has 1 amide bonds. The highest BCUT2D eigenvalue weighted by atomic mass is 32.1. The fraction of sp³-hybridized carbons (Fsp3) is 0.267. The number of aryl methyl sites for hydroxylation is 1. The number of carbonyl (C=O) groups is 1. The number of amides is 1. The van der Waals surface area contributed by atoms with Crippen LogP contribution in [0.5, 0.6) is 0 Å². The van der Waals surface area contributed by atoms with Crippen LogP contribution in [0.4, 0.5) is 0 Å². The van der Waals surface area contributed by atoms with Gasteiger partial charge < -0.3 is 11.1 Å². The van der Waals surface area contributed by atoms with Gasteiger partial charge in [0.2, 0.25) is 5.91 Å². The highest BCUT2D eigenvalue weighted by Gasteiger charge is 2.18. The van der Waals surface area contributed by atoms with E-state index >= 15 is 0 Å². The summed E-state index contributed by atoms with van der Waals surface area (Å²) in [6.07, 6.45) is 0. The van der Waals surface area contributed by atoms with E-state index in [1.165, 1.54) is 0 Å². The summed E-state index contributed by atoms with van der Waals surface area (Å²) in [6, 6.07) is 11.1. The Morgan fingerprint density at radius 3 is 2.53 bits per heavy atom. The summed E-state index contributed by atoms with van der Waals surface area (Å²) in [7, 11) is 0. The van der Waals surface area contributed by atoms with Crippen LogP contribution in [0.1, 0.15) is 35.0 Å². The summed E-state index contributed by atoms with van der Waals surface area (Å²) >= 11 is 1.63. The molecule has 2 aromatic rings. The SMILES string of the molecule is Cc1ccc(C(N)C(=O)N[C@@H](C)c2cccs2)cc1. The minimum Gasteiger partial charge on any atom is -0.347 e. The van der Waals surface area contributed by atoms with Gasteiger partial charge in [-0.1, -0.05) is 35.9 Å². The average molecular weight is 274 g/mol. The number of benzene rings is 1. The Kier molecular flexibility index (Phi) is 4.35. The largest absolute Gasteiger partial charge is 0.347 e. The highest BCUT2D eigenvalue weighted by Crippen LogP contribution is 2.19. The van der Waals surface area contributed by atoms with Gasteiger partial charge in [-0.25, -0.2) is 0 Å². The first kappa shape index (κ1) is 13.8. The van der Waals surface area contributed by atoms with Crippen molar-refractivity contribution in [2.24, 2.45) is 5.73 Å². The summed E-state index contributed by atoms with van der Waals surface area (Å²) in [5.74, 6) is -0.148. The van der Waals surface area contributed by atoms with Crippen LogP contribution < -0.4 is 11.1 Å². The molecule has 1 aromatic carbocycles. The maximum Gasteiger partial charge on any atom is 0.242 e. The van der Waals surface area contributed by atoms with Gasteiger partial charge in [-0.2, -0.15) is 0 Å². The van der Waals surface area contributed by atoms with Gasteiger partial charge in [0.25, 0.3) is 0 Å². The van der Waals surface area contributed by atoms with Gasteiger partial charge in [-0.15, -0.1) is 11.3 Å². The number of hydrogen-bond acceptors (Lipinski definition) is 3. The predicted molar refractivity (Wildman–Crippen MR) is 79.0 cm³/mol. The normalized spacial score (nSPS) is 13.8. The molecule has 19 heavy (non-hydrogen) atoms. The molecule has 3 nitrogen and oxygen atoms in total. The monoisotopic (exact) mass is 274 g/mol. The molecule has 0 saturated carbocycles. The lowest BCUT2D eigenvalue weighted by molar-refractivity contribution is -0.123. The molecule has 0 saturated heterocycles. The van der Waals surface area contributed by atoms with Crippen LogP contribution in [0.15, 0.2) is 41.8 Å². The van der Waals surface area contributed by atoms with Crippen molar-refractivity contribution in [3.8, 4) is 0 Å². The van der Waals surface area contributed by atoms with E-state index in [4.69, 9.17) is 5.73 Å². The van der Waals surface area contributed by atoms with E-state index in [2.05, 4.69) is 5.32 Å². The van der Waals surface area contributed by atoms with Crippen molar-refractivity contribution >= 4 is 17.2 Å². The van der Waals surface area contributed by atoms with E-state index in [1.807, 2.05) is 55.6 Å². The molecule has 0 aliphatic heterocycles. The topological polar surface area (TPSA) is 55.1 Å². The Labute approximate surface area is 117 Å². The third kappa shape index (κ3) is 3.43. The quantitative estimate of drug-likeness (QED) is 0.900. The van der Waals surface area contributed by atoms with Crippen molar-refractivity contribution in [3.05, 3.63) is 57.8 Å². The minimum absolute atomic E-state index is 0.0102. The molecule has 100 valence electrons. The lowest BCUT2D eigenvalue weighted by Crippen LogP contribution is -2.35. The Balaban J connectivity index is 2.01. The van der Waals surface area contributed by atoms with Crippen molar-refractivity contribution in [2.45, 2.75) is 25.9 Å². The highest BCUT2D eigenvalue weighted by molar-refractivity contribution is 7.10. The number of carbonyl (C=O) groups excluding carboxylic acids is 1. The van der Waals surface area contributed by atoms with Gasteiger partial charge >= 0.3 is 0 Å². The summed E-state index contributed by atoms with van der Waals surface area (Å²) < 4.78 is 0. The van der Waals surface area contributed by atoms with Crippen LogP contribution in [0.2, 0.25) is 0 Å². The van der Waals surface area contributed by atoms with E-state index in [-0.39, 0.29) is 11.9 Å². The molecule has 0 bridgehead atoms. The molecule has 0 aliphatic carbocycles. The predicted octanol–water partition coefficient (Wildman–Crippen LogP) is 2.93. The molecule has 0 fully saturated rings. The summed E-state index contributed by atoms with van der Waals surface area (Å²) in [6.45, 7) is 3.97. The van der Waals surface area contributed by atoms with Crippen molar-refractivity contribution in [1.29, 1.82) is 0 Å². The zero-order chi connectivity index (χ0) is 13.8. The molecule has 4 heteroatoms. The second-order valence-corrected chi connectivity index (χ2v) is 5.61. The molecule has 1 unspecified atom stereocenters. The second kappa shape index (κ2) is 5.99. The van der Waals surface area contributed by atoms with Gasteiger partial charge in [-0.05, 0) is 30.9 Å². The maximum absolute atomic E-state index is 12.1. The molecule has 2 rings (SSSR count). The molecule has 0 aliphatic rings. The number of nitrogens with one attached hydrogen (secondary N) is 1. The Morgan fingerprint density at radius 1 is 1.26 bits per heavy atom. The van der Waals surface area contributed by atoms with E-state index in [0.29, 0.717) is 0 Å². The molecule has 0 spiro atoms. The lowest BCUT2D eigenvalue weighted by atomic mass is 10.0. The number of nitrogens with two attached hydrogens (primary N) is 1. The smallest absolute Gasteiger partial charge is 0.242 e. The van der Waals surface area contributed by atoms with Crippen molar-refractivity contribution in [3.63, 3.8) is 0 Å². The van der Waals surface area contributed by atoms with Gasteiger partial charge in [0.15, 0.2) is 0 Å². The van der Waals surface area contributed by atoms with E-state index in [9.17, 15) is 4.79 Å². The van der Waals surface area contributed by atoms with Crippen LogP contribution in [-0.2, 0) is 4.79 Å². The Bertz CT molecular complexity index is 534. The van der Waals surface area contributed by atoms with Crippen LogP contribution >= 0.6 is 11.3 Å². The lowest BCUT2D eigenvalue weighted by Gasteiger charge is -2.17. The van der Waals surface area contributed by atoms with Crippen LogP contribution in [-0.4, -0.2) is 5.91 Å². The maximum atomic E-state index is 12.1. The molecule has 1 aromatic heterocycles.